The van der Waals surface area contributed by atoms with Gasteiger partial charge in [0.2, 0.25) is 0 Å². The molecule has 17 heavy (non-hydrogen) atoms. The number of methoxy groups -OCH3 is 1. The molecule has 0 bridgehead atoms. The van der Waals surface area contributed by atoms with E-state index in [-0.39, 0.29) is 0 Å². The minimum Gasteiger partial charge on any atom is -0.382 e. The van der Waals surface area contributed by atoms with Crippen molar-refractivity contribution in [3.63, 3.8) is 0 Å². The summed E-state index contributed by atoms with van der Waals surface area (Å²) < 4.78 is 12.6. The second-order valence-electron chi connectivity index (χ2n) is 3.83. The van der Waals surface area contributed by atoms with Crippen LogP contribution in [0.1, 0.15) is 18.4 Å². The van der Waals surface area contributed by atoms with Gasteiger partial charge < -0.3 is 19.4 Å². The zero-order chi connectivity index (χ0) is 12.5. The van der Waals surface area contributed by atoms with Gasteiger partial charge in [0.15, 0.2) is 0 Å². The predicted octanol–water partition coefficient (Wildman–Crippen LogP) is 0.964. The SMILES string of the molecule is CCNCc1cnc(C)n1CCOCCOC. The van der Waals surface area contributed by atoms with Crippen LogP contribution in [0.5, 0.6) is 0 Å². The second kappa shape index (κ2) is 8.22. The normalized spacial score (nSPS) is 11.0. The summed E-state index contributed by atoms with van der Waals surface area (Å²) in [4.78, 5) is 4.33. The number of nitrogens with one attached hydrogen (secondary N) is 1. The van der Waals surface area contributed by atoms with Crippen molar-refractivity contribution in [2.24, 2.45) is 0 Å². The third-order valence-corrected chi connectivity index (χ3v) is 2.58. The Bertz CT molecular complexity index is 313. The molecule has 98 valence electrons. The molecule has 0 amide bonds. The topological polar surface area (TPSA) is 48.3 Å². The molecule has 0 radical (unpaired) electrons. The average molecular weight is 241 g/mol. The van der Waals surface area contributed by atoms with Crippen LogP contribution in [0.25, 0.3) is 0 Å². The van der Waals surface area contributed by atoms with Gasteiger partial charge in [-0.25, -0.2) is 4.98 Å². The first kappa shape index (κ1) is 14.2. The third-order valence-electron chi connectivity index (χ3n) is 2.58. The summed E-state index contributed by atoms with van der Waals surface area (Å²) in [7, 11) is 1.68. The van der Waals surface area contributed by atoms with E-state index in [4.69, 9.17) is 9.47 Å². The van der Waals surface area contributed by atoms with Gasteiger partial charge in [-0.2, -0.15) is 0 Å². The quantitative estimate of drug-likeness (QED) is 0.654. The fourth-order valence-electron chi connectivity index (χ4n) is 1.61. The molecule has 0 spiro atoms. The lowest BCUT2D eigenvalue weighted by Gasteiger charge is -2.11. The van der Waals surface area contributed by atoms with Crippen LogP contribution >= 0.6 is 0 Å². The lowest BCUT2D eigenvalue weighted by Crippen LogP contribution is -2.18. The van der Waals surface area contributed by atoms with Crippen molar-refractivity contribution in [3.8, 4) is 0 Å². The molecule has 0 atom stereocenters. The van der Waals surface area contributed by atoms with Crippen LogP contribution in [0, 0.1) is 6.92 Å². The van der Waals surface area contributed by atoms with E-state index in [1.807, 2.05) is 13.1 Å². The van der Waals surface area contributed by atoms with Crippen LogP contribution in [0.3, 0.4) is 0 Å². The highest BCUT2D eigenvalue weighted by Crippen LogP contribution is 2.04. The summed E-state index contributed by atoms with van der Waals surface area (Å²) in [6.45, 7) is 8.77. The van der Waals surface area contributed by atoms with E-state index in [1.54, 1.807) is 7.11 Å². The van der Waals surface area contributed by atoms with E-state index in [0.717, 1.165) is 25.5 Å². The van der Waals surface area contributed by atoms with Gasteiger partial charge >= 0.3 is 0 Å². The number of aromatic nitrogens is 2. The molecular weight excluding hydrogens is 218 g/mol. The summed E-state index contributed by atoms with van der Waals surface area (Å²) in [5.74, 6) is 1.04. The highest BCUT2D eigenvalue weighted by atomic mass is 16.5. The van der Waals surface area contributed by atoms with E-state index in [1.165, 1.54) is 5.69 Å². The van der Waals surface area contributed by atoms with Gasteiger partial charge in [-0.05, 0) is 13.5 Å². The standard InChI is InChI=1S/C12H23N3O2/c1-4-13-9-12-10-14-11(2)15(12)5-6-17-8-7-16-3/h10,13H,4-9H2,1-3H3. The Hall–Kier alpha value is -0.910. The molecular formula is C12H23N3O2. The number of rotatable bonds is 9. The first-order valence-electron chi connectivity index (χ1n) is 6.08. The first-order chi connectivity index (χ1) is 8.29. The lowest BCUT2D eigenvalue weighted by atomic mass is 10.4. The zero-order valence-corrected chi connectivity index (χ0v) is 11.0. The van der Waals surface area contributed by atoms with Crippen molar-refractivity contribution in [2.45, 2.75) is 26.9 Å². The van der Waals surface area contributed by atoms with Crippen LogP contribution in [-0.4, -0.2) is 43.0 Å². The second-order valence-corrected chi connectivity index (χ2v) is 3.83. The number of hydrogen-bond donors (Lipinski definition) is 1. The summed E-state index contributed by atoms with van der Waals surface area (Å²) in [5, 5.41) is 3.31. The molecule has 0 saturated carbocycles. The number of hydrogen-bond acceptors (Lipinski definition) is 4. The number of nitrogens with zero attached hydrogens (tertiary/aromatic N) is 2. The Kier molecular flexibility index (Phi) is 6.84. The third kappa shape index (κ3) is 4.85. The minimum atomic E-state index is 0.646. The Balaban J connectivity index is 2.37. The molecule has 5 nitrogen and oxygen atoms in total. The molecule has 1 rings (SSSR count). The van der Waals surface area contributed by atoms with Gasteiger partial charge in [0, 0.05) is 26.4 Å². The van der Waals surface area contributed by atoms with Gasteiger partial charge in [-0.3, -0.25) is 0 Å². The summed E-state index contributed by atoms with van der Waals surface area (Å²) in [6, 6.07) is 0. The first-order valence-corrected chi connectivity index (χ1v) is 6.08. The van der Waals surface area contributed by atoms with Crippen molar-refractivity contribution in [1.29, 1.82) is 0 Å². The molecule has 0 unspecified atom stereocenters. The van der Waals surface area contributed by atoms with Gasteiger partial charge in [0.25, 0.3) is 0 Å². The molecule has 1 aromatic rings. The van der Waals surface area contributed by atoms with Crippen molar-refractivity contribution in [3.05, 3.63) is 17.7 Å². The number of aryl methyl sites for hydroxylation is 1. The summed E-state index contributed by atoms with van der Waals surface area (Å²) in [5.41, 5.74) is 1.21. The van der Waals surface area contributed by atoms with Crippen LogP contribution in [0.15, 0.2) is 6.20 Å². The average Bonchev–Trinajstić information content (AvgIpc) is 2.68. The zero-order valence-electron chi connectivity index (χ0n) is 11.0. The molecule has 1 N–H and O–H groups in total. The van der Waals surface area contributed by atoms with Crippen molar-refractivity contribution in [2.75, 3.05) is 33.5 Å². The highest BCUT2D eigenvalue weighted by Gasteiger charge is 2.05. The smallest absolute Gasteiger partial charge is 0.105 e. The number of ether oxygens (including phenoxy) is 2. The Morgan fingerprint density at radius 1 is 1.35 bits per heavy atom. The fraction of sp³-hybridized carbons (Fsp3) is 0.750. The monoisotopic (exact) mass is 241 g/mol. The van der Waals surface area contributed by atoms with Crippen LogP contribution in [0.4, 0.5) is 0 Å². The molecule has 0 aliphatic rings. The molecule has 5 heteroatoms. The van der Waals surface area contributed by atoms with Gasteiger partial charge in [-0.15, -0.1) is 0 Å². The largest absolute Gasteiger partial charge is 0.382 e. The Labute approximate surface area is 103 Å². The lowest BCUT2D eigenvalue weighted by molar-refractivity contribution is 0.0661. The Morgan fingerprint density at radius 3 is 2.88 bits per heavy atom. The van der Waals surface area contributed by atoms with E-state index in [9.17, 15) is 0 Å². The van der Waals surface area contributed by atoms with Crippen LogP contribution in [-0.2, 0) is 22.6 Å². The minimum absolute atomic E-state index is 0.646. The molecule has 0 fully saturated rings. The molecule has 0 aliphatic carbocycles. The van der Waals surface area contributed by atoms with E-state index >= 15 is 0 Å². The van der Waals surface area contributed by atoms with Crippen molar-refractivity contribution in [1.82, 2.24) is 14.9 Å². The van der Waals surface area contributed by atoms with E-state index < -0.39 is 0 Å². The summed E-state index contributed by atoms with van der Waals surface area (Å²) >= 11 is 0. The molecule has 0 aromatic carbocycles. The fourth-order valence-corrected chi connectivity index (χ4v) is 1.61. The van der Waals surface area contributed by atoms with Crippen molar-refractivity contribution < 1.29 is 9.47 Å². The van der Waals surface area contributed by atoms with E-state index in [2.05, 4.69) is 21.8 Å². The highest BCUT2D eigenvalue weighted by molar-refractivity contribution is 5.04. The van der Waals surface area contributed by atoms with Crippen LogP contribution < -0.4 is 5.32 Å². The van der Waals surface area contributed by atoms with Gasteiger partial charge in [0.05, 0.1) is 25.5 Å². The molecule has 1 aromatic heterocycles. The maximum atomic E-state index is 5.47. The van der Waals surface area contributed by atoms with Crippen LogP contribution in [0.2, 0.25) is 0 Å². The summed E-state index contributed by atoms with van der Waals surface area (Å²) in [6.07, 6.45) is 1.92. The van der Waals surface area contributed by atoms with Gasteiger partial charge in [0.1, 0.15) is 5.82 Å². The molecule has 0 saturated heterocycles. The van der Waals surface area contributed by atoms with Crippen molar-refractivity contribution >= 4 is 0 Å². The maximum Gasteiger partial charge on any atom is 0.105 e. The number of imidazole rings is 1. The predicted molar refractivity (Wildman–Crippen MR) is 67.0 cm³/mol. The van der Waals surface area contributed by atoms with E-state index in [0.29, 0.717) is 19.8 Å². The Morgan fingerprint density at radius 2 is 2.18 bits per heavy atom. The maximum absolute atomic E-state index is 5.47. The molecule has 1 heterocycles. The van der Waals surface area contributed by atoms with Gasteiger partial charge in [-0.1, -0.05) is 6.92 Å². The molecule has 0 aliphatic heterocycles.